The zero-order valence-corrected chi connectivity index (χ0v) is 59.3. The largest absolute Gasteiger partial charge is 0.396 e. The standard InChI is InChI=1S/C30H35N3O3.C30H35NO.C30H34O/c1-23(2)31-18-20-32(21-19-31)27-14-10-25(11-15-27)30(26-12-16-28(17-13-26)33(35)36)29(9-6-22-34)24-7-4-3-5-8-24;1-23-10-12-27(13-11-23)30(29(9-6-22-32)26-7-4-3-5-8-26)28-16-14-24(15-17-28)25-18-20-31(2)21-19-25;1-23-14-16-27(17-15-23)30(29(13-8-22-31)26-11-6-3-7-12-26)28-20-18-25(19-21-28)24-9-4-2-5-10-24/h3-5,7-8,10-17,23,34H,6,9,18-22H2,1-2H3;3-5,7-8,10-17,25,32H,6,9,18-22H2,1-2H3;3,6-7,11-12,14-21,24,31H,2,4-5,8-10,13,22H2,1H3/b30-29+;2*30-29-. The van der Waals surface area contributed by atoms with Crippen LogP contribution in [0.3, 0.4) is 0 Å². The molecule has 9 heteroatoms. The summed E-state index contributed by atoms with van der Waals surface area (Å²) in [5, 5.41) is 40.0. The van der Waals surface area contributed by atoms with Gasteiger partial charge in [-0.25, -0.2) is 0 Å². The van der Waals surface area contributed by atoms with Crippen molar-refractivity contribution in [2.45, 2.75) is 129 Å². The van der Waals surface area contributed by atoms with Gasteiger partial charge >= 0.3 is 0 Å². The van der Waals surface area contributed by atoms with Crippen LogP contribution < -0.4 is 4.90 Å². The Hall–Kier alpha value is -8.80. The lowest BCUT2D eigenvalue weighted by Crippen LogP contribution is -2.48. The second-order valence-corrected chi connectivity index (χ2v) is 27.5. The fourth-order valence-corrected chi connectivity index (χ4v) is 14.6. The highest BCUT2D eigenvalue weighted by molar-refractivity contribution is 6.01. The highest BCUT2D eigenvalue weighted by Gasteiger charge is 2.24. The van der Waals surface area contributed by atoms with E-state index in [1.54, 1.807) is 12.1 Å². The van der Waals surface area contributed by atoms with Crippen LogP contribution in [-0.4, -0.2) is 102 Å². The zero-order chi connectivity index (χ0) is 69.3. The molecule has 0 unspecified atom stereocenters. The third-order valence-electron chi connectivity index (χ3n) is 20.3. The number of allylic oxidation sites excluding steroid dienone is 3. The van der Waals surface area contributed by atoms with E-state index in [9.17, 15) is 25.4 Å². The van der Waals surface area contributed by atoms with Crippen LogP contribution in [0.4, 0.5) is 11.4 Å². The molecule has 9 nitrogen and oxygen atoms in total. The minimum Gasteiger partial charge on any atom is -0.396 e. The van der Waals surface area contributed by atoms with Crippen molar-refractivity contribution in [2.24, 2.45) is 0 Å². The minimum atomic E-state index is -0.370. The van der Waals surface area contributed by atoms with Gasteiger partial charge in [0.05, 0.1) is 4.92 Å². The molecule has 3 N–H and O–H groups in total. The van der Waals surface area contributed by atoms with Crippen LogP contribution in [0.2, 0.25) is 0 Å². The molecule has 1 saturated carbocycles. The van der Waals surface area contributed by atoms with E-state index >= 15 is 0 Å². The van der Waals surface area contributed by atoms with Crippen molar-refractivity contribution in [3.63, 3.8) is 0 Å². The van der Waals surface area contributed by atoms with Gasteiger partial charge in [0.25, 0.3) is 5.69 Å². The van der Waals surface area contributed by atoms with E-state index in [1.165, 1.54) is 142 Å². The SMILES string of the molecule is CC(C)N1CCN(c2ccc(/C(=C(/CCCO)c3ccccc3)c3ccc([N+](=O)[O-])cc3)cc2)CC1.Cc1ccc(/C(=C(\CCCO)c2ccccc2)c2ccc(C3CCCCC3)cc2)cc1.Cc1ccc(/C(=C(\CCCO)c2ccccc2)c2ccc(C3CCN(C)CC3)cc2)cc1. The van der Waals surface area contributed by atoms with E-state index < -0.39 is 0 Å². The number of piperazine rings is 1. The van der Waals surface area contributed by atoms with E-state index in [0.717, 1.165) is 85.6 Å². The van der Waals surface area contributed by atoms with E-state index in [-0.39, 0.29) is 30.4 Å². The van der Waals surface area contributed by atoms with Gasteiger partial charge in [0.2, 0.25) is 0 Å². The van der Waals surface area contributed by atoms with Crippen molar-refractivity contribution >= 4 is 44.8 Å². The number of non-ortho nitro benzene ring substituents is 1. The number of rotatable bonds is 23. The summed E-state index contributed by atoms with van der Waals surface area (Å²) >= 11 is 0. The van der Waals surface area contributed by atoms with Gasteiger partial charge in [0.15, 0.2) is 0 Å². The van der Waals surface area contributed by atoms with Crippen molar-refractivity contribution in [3.8, 4) is 0 Å². The van der Waals surface area contributed by atoms with Crippen LogP contribution in [0.25, 0.3) is 33.4 Å². The molecular formula is C90H104N4O5. The number of piperidine rings is 1. The van der Waals surface area contributed by atoms with Gasteiger partial charge in [0.1, 0.15) is 0 Å². The topological polar surface area (TPSA) is 114 Å². The van der Waals surface area contributed by atoms with Crippen LogP contribution in [-0.2, 0) is 0 Å². The summed E-state index contributed by atoms with van der Waals surface area (Å²) in [6.07, 6.45) is 13.8. The third-order valence-corrected chi connectivity index (χ3v) is 20.3. The Morgan fingerprint density at radius 1 is 0.404 bits per heavy atom. The molecule has 0 spiro atoms. The average molecular weight is 1320 g/mol. The molecular weight excluding hydrogens is 1220 g/mol. The first-order valence-corrected chi connectivity index (χ1v) is 36.4. The quantitative estimate of drug-likeness (QED) is 0.0330. The molecule has 12 rings (SSSR count). The Morgan fingerprint density at radius 2 is 0.727 bits per heavy atom. The monoisotopic (exact) mass is 1320 g/mol. The number of benzene rings is 9. The van der Waals surface area contributed by atoms with Crippen molar-refractivity contribution < 1.29 is 20.2 Å². The second-order valence-electron chi connectivity index (χ2n) is 27.5. The molecule has 0 radical (unpaired) electrons. The summed E-state index contributed by atoms with van der Waals surface area (Å²) in [6, 6.07) is 83.9. The van der Waals surface area contributed by atoms with E-state index in [0.29, 0.717) is 24.8 Å². The Bertz CT molecular complexity index is 4000. The number of hydrogen-bond acceptors (Lipinski definition) is 8. The number of likely N-dealkylation sites (tertiary alicyclic amines) is 1. The van der Waals surface area contributed by atoms with Crippen LogP contribution in [0.5, 0.6) is 0 Å². The van der Waals surface area contributed by atoms with E-state index in [4.69, 9.17) is 0 Å². The molecule has 3 fully saturated rings. The van der Waals surface area contributed by atoms with E-state index in [2.05, 4.69) is 244 Å². The first kappa shape index (κ1) is 72.9. The summed E-state index contributed by atoms with van der Waals surface area (Å²) < 4.78 is 0. The number of nitro benzene ring substituents is 1. The Balaban J connectivity index is 0.000000161. The number of aliphatic hydroxyl groups excluding tert-OH is 3. The number of aliphatic hydroxyl groups is 3. The van der Waals surface area contributed by atoms with Gasteiger partial charge in [-0.05, 0) is 243 Å². The van der Waals surface area contributed by atoms with Crippen molar-refractivity contribution in [3.05, 3.63) is 319 Å². The Labute approximate surface area is 590 Å². The molecule has 2 saturated heterocycles. The minimum absolute atomic E-state index is 0.0746. The second kappa shape index (κ2) is 37.4. The molecule has 0 amide bonds. The van der Waals surface area contributed by atoms with Crippen LogP contribution in [0.1, 0.15) is 181 Å². The number of nitrogens with zero attached hydrogens (tertiary/aromatic N) is 4. The molecule has 9 aromatic carbocycles. The lowest BCUT2D eigenvalue weighted by molar-refractivity contribution is -0.384. The van der Waals surface area contributed by atoms with Crippen LogP contribution in [0, 0.1) is 24.0 Å². The number of aryl methyl sites for hydroxylation is 2. The van der Waals surface area contributed by atoms with Crippen molar-refractivity contribution in [1.82, 2.24) is 9.80 Å². The molecule has 9 aromatic rings. The predicted octanol–water partition coefficient (Wildman–Crippen LogP) is 20.2. The van der Waals surface area contributed by atoms with Gasteiger partial charge in [-0.3, -0.25) is 15.0 Å². The Kier molecular flexibility index (Phi) is 27.6. The maximum Gasteiger partial charge on any atom is 0.269 e. The lowest BCUT2D eigenvalue weighted by atomic mass is 9.82. The normalized spacial score (nSPS) is 15.6. The fourth-order valence-electron chi connectivity index (χ4n) is 14.6. The molecule has 0 atom stereocenters. The number of anilines is 1. The fraction of sp³-hybridized carbons (Fsp3) is 0.333. The molecule has 3 aliphatic rings. The average Bonchev–Trinajstić information content (AvgIpc) is 0.813. The summed E-state index contributed by atoms with van der Waals surface area (Å²) in [7, 11) is 2.22. The third kappa shape index (κ3) is 20.2. The Morgan fingerprint density at radius 3 is 1.06 bits per heavy atom. The van der Waals surface area contributed by atoms with Crippen LogP contribution >= 0.6 is 0 Å². The first-order chi connectivity index (χ1) is 48.4. The lowest BCUT2D eigenvalue weighted by Gasteiger charge is -2.38. The van der Waals surface area contributed by atoms with E-state index in [1.807, 2.05) is 30.3 Å². The van der Waals surface area contributed by atoms with Crippen molar-refractivity contribution in [2.75, 3.05) is 71.0 Å². The van der Waals surface area contributed by atoms with Gasteiger partial charge in [-0.15, -0.1) is 0 Å². The summed E-state index contributed by atoms with van der Waals surface area (Å²) in [6.45, 7) is 15.8. The first-order valence-electron chi connectivity index (χ1n) is 36.4. The molecule has 1 aliphatic carbocycles. The molecule has 2 heterocycles. The highest BCUT2D eigenvalue weighted by Crippen LogP contribution is 2.41. The summed E-state index contributed by atoms with van der Waals surface area (Å²) in [5.74, 6) is 1.38. The van der Waals surface area contributed by atoms with Gasteiger partial charge in [-0.1, -0.05) is 231 Å². The summed E-state index contributed by atoms with van der Waals surface area (Å²) in [5.41, 5.74) is 24.7. The summed E-state index contributed by atoms with van der Waals surface area (Å²) in [4.78, 5) is 18.2. The number of nitro groups is 1. The molecule has 99 heavy (non-hydrogen) atoms. The molecule has 514 valence electrons. The molecule has 0 bridgehead atoms. The molecule has 0 aromatic heterocycles. The van der Waals surface area contributed by atoms with Crippen molar-refractivity contribution in [1.29, 1.82) is 0 Å². The maximum absolute atomic E-state index is 11.3. The predicted molar refractivity (Wildman–Crippen MR) is 415 cm³/mol. The maximum atomic E-state index is 11.3. The zero-order valence-electron chi connectivity index (χ0n) is 59.3. The molecule has 2 aliphatic heterocycles. The van der Waals surface area contributed by atoms with Gasteiger partial charge in [0, 0.05) is 69.9 Å². The van der Waals surface area contributed by atoms with Gasteiger partial charge < -0.3 is 25.1 Å². The van der Waals surface area contributed by atoms with Gasteiger partial charge in [-0.2, -0.15) is 0 Å². The number of hydrogen-bond donors (Lipinski definition) is 3. The highest BCUT2D eigenvalue weighted by atomic mass is 16.6. The smallest absolute Gasteiger partial charge is 0.269 e. The van der Waals surface area contributed by atoms with Crippen LogP contribution in [0.15, 0.2) is 237 Å².